The summed E-state index contributed by atoms with van der Waals surface area (Å²) in [4.78, 5) is 24.9. The second kappa shape index (κ2) is 8.53. The zero-order valence-corrected chi connectivity index (χ0v) is 13.7. The smallest absolute Gasteiger partial charge is 0.239 e. The fourth-order valence-corrected chi connectivity index (χ4v) is 3.03. The van der Waals surface area contributed by atoms with E-state index in [1.165, 1.54) is 24.1 Å². The average molecular weight is 326 g/mol. The van der Waals surface area contributed by atoms with E-state index in [1.54, 1.807) is 18.2 Å². The Morgan fingerprint density at radius 1 is 1.18 bits per heavy atom. The van der Waals surface area contributed by atoms with Crippen molar-refractivity contribution in [3.63, 3.8) is 0 Å². The summed E-state index contributed by atoms with van der Waals surface area (Å²) in [5, 5.41) is 2.67. The van der Waals surface area contributed by atoms with Gasteiger partial charge in [-0.3, -0.25) is 9.59 Å². The number of hydrogen-bond acceptors (Lipinski definition) is 4. The molecule has 0 spiro atoms. The summed E-state index contributed by atoms with van der Waals surface area (Å²) in [6, 6.07) is 8.01. The summed E-state index contributed by atoms with van der Waals surface area (Å²) in [5.41, 5.74) is 0. The molecule has 0 aliphatic rings. The zero-order valence-electron chi connectivity index (χ0n) is 12.9. The molecule has 0 bridgehead atoms. The van der Waals surface area contributed by atoms with Crippen molar-refractivity contribution in [2.24, 2.45) is 0 Å². The lowest BCUT2D eigenvalue weighted by Gasteiger charge is -2.16. The van der Waals surface area contributed by atoms with E-state index in [-0.39, 0.29) is 35.4 Å². The van der Waals surface area contributed by atoms with E-state index in [2.05, 4.69) is 5.32 Å². The van der Waals surface area contributed by atoms with Gasteiger partial charge in [0.05, 0.1) is 17.2 Å². The summed E-state index contributed by atoms with van der Waals surface area (Å²) in [5.74, 6) is -0.883. The van der Waals surface area contributed by atoms with E-state index < -0.39 is 9.84 Å². The normalized spacial score (nSPS) is 11.0. The number of rotatable bonds is 8. The maximum Gasteiger partial charge on any atom is 0.239 e. The monoisotopic (exact) mass is 326 g/mol. The van der Waals surface area contributed by atoms with Crippen LogP contribution in [0.5, 0.6) is 0 Å². The quantitative estimate of drug-likeness (QED) is 0.767. The lowest BCUT2D eigenvalue weighted by atomic mass is 10.4. The molecular formula is C15H22N2O4S. The number of sulfone groups is 1. The molecule has 0 fully saturated rings. The number of hydrogen-bond donors (Lipinski definition) is 1. The molecule has 0 atom stereocenters. The number of nitrogens with zero attached hydrogens (tertiary/aromatic N) is 1. The van der Waals surface area contributed by atoms with Gasteiger partial charge in [0.1, 0.15) is 0 Å². The lowest BCUT2D eigenvalue weighted by Crippen LogP contribution is -2.39. The molecule has 0 aliphatic heterocycles. The maximum absolute atomic E-state index is 12.1. The van der Waals surface area contributed by atoms with Crippen molar-refractivity contribution < 1.29 is 18.0 Å². The number of nitrogens with one attached hydrogen (secondary N) is 1. The molecule has 2 amide bonds. The fourth-order valence-electron chi connectivity index (χ4n) is 1.78. The van der Waals surface area contributed by atoms with Crippen LogP contribution >= 0.6 is 0 Å². The van der Waals surface area contributed by atoms with Crippen molar-refractivity contribution >= 4 is 21.7 Å². The highest BCUT2D eigenvalue weighted by molar-refractivity contribution is 7.91. The Labute approximate surface area is 131 Å². The van der Waals surface area contributed by atoms with Crippen LogP contribution < -0.4 is 5.32 Å². The van der Waals surface area contributed by atoms with E-state index in [9.17, 15) is 18.0 Å². The molecule has 1 aromatic carbocycles. The molecule has 0 unspecified atom stereocenters. The first-order valence-electron chi connectivity index (χ1n) is 7.15. The highest BCUT2D eigenvalue weighted by atomic mass is 32.2. The standard InChI is InChI=1S/C15H22N2O4S/c1-3-10-16-14(18)12-17(2)15(19)9-11-22(20,21)13-7-5-4-6-8-13/h4-8H,3,9-12H2,1-2H3,(H,16,18). The number of likely N-dealkylation sites (N-methyl/N-ethyl adjacent to an activating group) is 1. The summed E-state index contributed by atoms with van der Waals surface area (Å²) in [6.45, 7) is 2.43. The van der Waals surface area contributed by atoms with Gasteiger partial charge in [0.25, 0.3) is 0 Å². The minimum atomic E-state index is -3.48. The van der Waals surface area contributed by atoms with E-state index in [0.29, 0.717) is 6.54 Å². The van der Waals surface area contributed by atoms with Gasteiger partial charge in [0, 0.05) is 20.0 Å². The number of carbonyl (C=O) groups is 2. The summed E-state index contributed by atoms with van der Waals surface area (Å²) in [7, 11) is -1.99. The Hall–Kier alpha value is -1.89. The van der Waals surface area contributed by atoms with Crippen LogP contribution in [0.2, 0.25) is 0 Å². The molecule has 0 radical (unpaired) electrons. The van der Waals surface area contributed by atoms with Crippen molar-refractivity contribution in [1.82, 2.24) is 10.2 Å². The highest BCUT2D eigenvalue weighted by Crippen LogP contribution is 2.11. The van der Waals surface area contributed by atoms with Crippen LogP contribution in [-0.2, 0) is 19.4 Å². The van der Waals surface area contributed by atoms with Crippen LogP contribution in [0.1, 0.15) is 19.8 Å². The SMILES string of the molecule is CCCNC(=O)CN(C)C(=O)CCS(=O)(=O)c1ccccc1. The Balaban J connectivity index is 2.50. The fraction of sp³-hybridized carbons (Fsp3) is 0.467. The van der Waals surface area contributed by atoms with Crippen LogP contribution in [0.3, 0.4) is 0 Å². The first kappa shape index (κ1) is 18.2. The van der Waals surface area contributed by atoms with E-state index in [4.69, 9.17) is 0 Å². The lowest BCUT2D eigenvalue weighted by molar-refractivity contribution is -0.134. The predicted octanol–water partition coefficient (Wildman–Crippen LogP) is 0.835. The molecule has 1 aromatic rings. The maximum atomic E-state index is 12.1. The Kier molecular flexibility index (Phi) is 7.04. The van der Waals surface area contributed by atoms with E-state index in [1.807, 2.05) is 6.92 Å². The number of carbonyl (C=O) groups excluding carboxylic acids is 2. The molecule has 0 saturated carbocycles. The van der Waals surface area contributed by atoms with Crippen molar-refractivity contribution in [1.29, 1.82) is 0 Å². The minimum Gasteiger partial charge on any atom is -0.355 e. The molecule has 0 heterocycles. The van der Waals surface area contributed by atoms with Gasteiger partial charge >= 0.3 is 0 Å². The molecule has 7 heteroatoms. The van der Waals surface area contributed by atoms with E-state index in [0.717, 1.165) is 6.42 Å². The summed E-state index contributed by atoms with van der Waals surface area (Å²) >= 11 is 0. The second-order valence-electron chi connectivity index (χ2n) is 4.98. The zero-order chi connectivity index (χ0) is 16.6. The molecule has 6 nitrogen and oxygen atoms in total. The van der Waals surface area contributed by atoms with E-state index >= 15 is 0 Å². The second-order valence-corrected chi connectivity index (χ2v) is 7.09. The molecule has 122 valence electrons. The summed E-state index contributed by atoms with van der Waals surface area (Å²) < 4.78 is 24.1. The highest BCUT2D eigenvalue weighted by Gasteiger charge is 2.19. The Bertz CT molecular complexity index is 599. The number of benzene rings is 1. The van der Waals surface area contributed by atoms with Gasteiger partial charge in [0.15, 0.2) is 9.84 Å². The Morgan fingerprint density at radius 3 is 2.41 bits per heavy atom. The van der Waals surface area contributed by atoms with Gasteiger partial charge in [-0.05, 0) is 18.6 Å². The van der Waals surface area contributed by atoms with Crippen LogP contribution in [0.15, 0.2) is 35.2 Å². The number of amides is 2. The first-order valence-corrected chi connectivity index (χ1v) is 8.80. The predicted molar refractivity (Wildman–Crippen MR) is 84.0 cm³/mol. The van der Waals surface area contributed by atoms with Gasteiger partial charge in [-0.15, -0.1) is 0 Å². The van der Waals surface area contributed by atoms with Gasteiger partial charge in [0.2, 0.25) is 11.8 Å². The largest absolute Gasteiger partial charge is 0.355 e. The van der Waals surface area contributed by atoms with Gasteiger partial charge in [-0.2, -0.15) is 0 Å². The third-order valence-corrected chi connectivity index (χ3v) is 4.80. The topological polar surface area (TPSA) is 83.6 Å². The van der Waals surface area contributed by atoms with Crippen molar-refractivity contribution in [3.8, 4) is 0 Å². The van der Waals surface area contributed by atoms with Crippen LogP contribution in [0.4, 0.5) is 0 Å². The van der Waals surface area contributed by atoms with Crippen LogP contribution in [-0.4, -0.2) is 51.0 Å². The van der Waals surface area contributed by atoms with Gasteiger partial charge in [-0.25, -0.2) is 8.42 Å². The molecule has 0 saturated heterocycles. The average Bonchev–Trinajstić information content (AvgIpc) is 2.51. The minimum absolute atomic E-state index is 0.0653. The molecular weight excluding hydrogens is 304 g/mol. The first-order chi connectivity index (χ1) is 10.4. The third kappa shape index (κ3) is 5.85. The van der Waals surface area contributed by atoms with Crippen molar-refractivity contribution in [3.05, 3.63) is 30.3 Å². The van der Waals surface area contributed by atoms with Crippen LogP contribution in [0, 0.1) is 0 Å². The third-order valence-electron chi connectivity index (χ3n) is 3.07. The van der Waals surface area contributed by atoms with Crippen molar-refractivity contribution in [2.75, 3.05) is 25.9 Å². The molecule has 1 N–H and O–H groups in total. The molecule has 0 aliphatic carbocycles. The van der Waals surface area contributed by atoms with Gasteiger partial charge in [-0.1, -0.05) is 25.1 Å². The van der Waals surface area contributed by atoms with Crippen molar-refractivity contribution in [2.45, 2.75) is 24.7 Å². The summed E-state index contributed by atoms with van der Waals surface area (Å²) in [6.07, 6.45) is 0.674. The molecule has 22 heavy (non-hydrogen) atoms. The Morgan fingerprint density at radius 2 is 1.82 bits per heavy atom. The molecule has 1 rings (SSSR count). The molecule has 0 aromatic heterocycles. The van der Waals surface area contributed by atoms with Gasteiger partial charge < -0.3 is 10.2 Å². The van der Waals surface area contributed by atoms with Crippen LogP contribution in [0.25, 0.3) is 0 Å².